The van der Waals surface area contributed by atoms with Crippen molar-refractivity contribution in [2.45, 2.75) is 50.8 Å². The Labute approximate surface area is 150 Å². The fourth-order valence-corrected chi connectivity index (χ4v) is 4.39. The Morgan fingerprint density at radius 2 is 1.88 bits per heavy atom. The van der Waals surface area contributed by atoms with E-state index < -0.39 is 0 Å². The second kappa shape index (κ2) is 7.34. The molecular formula is C20H29N3O2. The Morgan fingerprint density at radius 1 is 1.12 bits per heavy atom. The number of fused-ring (bicyclic) bond motifs is 1. The maximum atomic E-state index is 12.6. The molecule has 3 aliphatic rings. The minimum atomic E-state index is 0.0454. The highest BCUT2D eigenvalue weighted by Crippen LogP contribution is 2.24. The fraction of sp³-hybridized carbons (Fsp3) is 0.650. The van der Waals surface area contributed by atoms with E-state index in [9.17, 15) is 4.79 Å². The Morgan fingerprint density at radius 3 is 2.64 bits per heavy atom. The zero-order valence-corrected chi connectivity index (χ0v) is 15.1. The molecule has 136 valence electrons. The highest BCUT2D eigenvalue weighted by Gasteiger charge is 2.36. The number of morpholine rings is 1. The van der Waals surface area contributed by atoms with E-state index in [1.807, 2.05) is 12.1 Å². The maximum absolute atomic E-state index is 12.6. The summed E-state index contributed by atoms with van der Waals surface area (Å²) in [6.07, 6.45) is 5.16. The first kappa shape index (κ1) is 16.9. The number of amides is 1. The van der Waals surface area contributed by atoms with Crippen molar-refractivity contribution in [1.29, 1.82) is 0 Å². The third-order valence-electron chi connectivity index (χ3n) is 5.78. The van der Waals surface area contributed by atoms with E-state index in [4.69, 9.17) is 4.74 Å². The molecule has 5 nitrogen and oxygen atoms in total. The largest absolute Gasteiger partial charge is 0.376 e. The number of anilines is 1. The molecule has 1 N–H and O–H groups in total. The number of nitrogens with one attached hydrogen (secondary N) is 1. The first-order chi connectivity index (χ1) is 12.2. The predicted octanol–water partition coefficient (Wildman–Crippen LogP) is 2.27. The first-order valence-corrected chi connectivity index (χ1v) is 9.70. The number of hydrogen-bond acceptors (Lipinski definition) is 4. The van der Waals surface area contributed by atoms with E-state index in [2.05, 4.69) is 34.2 Å². The van der Waals surface area contributed by atoms with E-state index in [1.54, 1.807) is 0 Å². The van der Waals surface area contributed by atoms with Crippen molar-refractivity contribution in [2.75, 3.05) is 37.7 Å². The van der Waals surface area contributed by atoms with Crippen molar-refractivity contribution < 1.29 is 9.53 Å². The van der Waals surface area contributed by atoms with Gasteiger partial charge in [0, 0.05) is 49.5 Å². The van der Waals surface area contributed by atoms with Crippen molar-refractivity contribution in [3.05, 3.63) is 29.8 Å². The van der Waals surface area contributed by atoms with Crippen LogP contribution in [0.1, 0.15) is 43.0 Å². The molecule has 3 saturated heterocycles. The first-order valence-electron chi connectivity index (χ1n) is 9.70. The number of nitrogens with zero attached hydrogens (tertiary/aromatic N) is 2. The van der Waals surface area contributed by atoms with Gasteiger partial charge in [0.2, 0.25) is 0 Å². The summed E-state index contributed by atoms with van der Waals surface area (Å²) in [4.78, 5) is 17.5. The molecule has 5 heteroatoms. The Hall–Kier alpha value is -1.59. The number of hydrogen-bond donors (Lipinski definition) is 1. The van der Waals surface area contributed by atoms with E-state index in [-0.39, 0.29) is 11.9 Å². The lowest BCUT2D eigenvalue weighted by atomic mass is 10.1. The van der Waals surface area contributed by atoms with Gasteiger partial charge in [-0.3, -0.25) is 9.69 Å². The SMILES string of the molecule is C[C@H]1CN2C[C@@H](NC(=O)c3ccc(N4CCCCC4)cc3)C[C@H]2CO1. The van der Waals surface area contributed by atoms with Gasteiger partial charge in [-0.1, -0.05) is 0 Å². The maximum Gasteiger partial charge on any atom is 0.251 e. The molecule has 0 unspecified atom stereocenters. The van der Waals surface area contributed by atoms with Crippen LogP contribution in [-0.4, -0.2) is 61.8 Å². The third-order valence-corrected chi connectivity index (χ3v) is 5.78. The Kier molecular flexibility index (Phi) is 4.95. The van der Waals surface area contributed by atoms with E-state index in [0.29, 0.717) is 12.1 Å². The molecule has 0 radical (unpaired) electrons. The molecule has 3 heterocycles. The van der Waals surface area contributed by atoms with Crippen molar-refractivity contribution in [3.63, 3.8) is 0 Å². The van der Waals surface area contributed by atoms with Gasteiger partial charge in [-0.2, -0.15) is 0 Å². The number of carbonyl (C=O) groups is 1. The van der Waals surface area contributed by atoms with Crippen LogP contribution in [0.15, 0.2) is 24.3 Å². The smallest absolute Gasteiger partial charge is 0.251 e. The summed E-state index contributed by atoms with van der Waals surface area (Å²) in [5.74, 6) is 0.0454. The Bertz CT molecular complexity index is 597. The third kappa shape index (κ3) is 3.82. The van der Waals surface area contributed by atoms with Crippen molar-refractivity contribution in [3.8, 4) is 0 Å². The second-order valence-corrected chi connectivity index (χ2v) is 7.75. The van der Waals surface area contributed by atoms with Gasteiger partial charge >= 0.3 is 0 Å². The molecule has 0 aromatic heterocycles. The molecular weight excluding hydrogens is 314 g/mol. The number of piperidine rings is 1. The van der Waals surface area contributed by atoms with Crippen LogP contribution in [0.5, 0.6) is 0 Å². The topological polar surface area (TPSA) is 44.8 Å². The molecule has 0 bridgehead atoms. The summed E-state index contributed by atoms with van der Waals surface area (Å²) in [7, 11) is 0. The summed E-state index contributed by atoms with van der Waals surface area (Å²) in [6.45, 7) is 7.08. The average Bonchev–Trinajstić information content (AvgIpc) is 3.04. The van der Waals surface area contributed by atoms with Gasteiger partial charge in [0.1, 0.15) is 0 Å². The summed E-state index contributed by atoms with van der Waals surface area (Å²) >= 11 is 0. The second-order valence-electron chi connectivity index (χ2n) is 7.75. The summed E-state index contributed by atoms with van der Waals surface area (Å²) in [5, 5.41) is 3.22. The molecule has 3 fully saturated rings. The molecule has 3 atom stereocenters. The number of benzene rings is 1. The van der Waals surface area contributed by atoms with Crippen LogP contribution >= 0.6 is 0 Å². The molecule has 25 heavy (non-hydrogen) atoms. The van der Waals surface area contributed by atoms with E-state index in [0.717, 1.165) is 44.8 Å². The standard InChI is InChI=1S/C20H29N3O2/c1-15-12-23-13-17(11-19(23)14-25-15)21-20(24)16-5-7-18(8-6-16)22-9-3-2-4-10-22/h5-8,15,17,19H,2-4,9-14H2,1H3,(H,21,24)/t15-,17-,19-/m0/s1. The fourth-order valence-electron chi connectivity index (χ4n) is 4.39. The van der Waals surface area contributed by atoms with Crippen molar-refractivity contribution in [1.82, 2.24) is 10.2 Å². The molecule has 1 aromatic rings. The lowest BCUT2D eigenvalue weighted by Gasteiger charge is -2.33. The van der Waals surface area contributed by atoms with Crippen LogP contribution in [0, 0.1) is 0 Å². The van der Waals surface area contributed by atoms with Crippen LogP contribution in [0.4, 0.5) is 5.69 Å². The molecule has 3 aliphatic heterocycles. The minimum absolute atomic E-state index is 0.0454. The lowest BCUT2D eigenvalue weighted by Crippen LogP contribution is -2.45. The number of carbonyl (C=O) groups excluding carboxylic acids is 1. The summed E-state index contributed by atoms with van der Waals surface area (Å²) < 4.78 is 5.74. The van der Waals surface area contributed by atoms with Gasteiger partial charge in [0.25, 0.3) is 5.91 Å². The van der Waals surface area contributed by atoms with Gasteiger partial charge in [-0.05, 0) is 56.9 Å². The summed E-state index contributed by atoms with van der Waals surface area (Å²) in [6, 6.07) is 8.80. The van der Waals surface area contributed by atoms with Gasteiger partial charge in [0.15, 0.2) is 0 Å². The van der Waals surface area contributed by atoms with Crippen LogP contribution < -0.4 is 10.2 Å². The molecule has 0 aliphatic carbocycles. The number of rotatable bonds is 3. The normalized spacial score (nSPS) is 30.1. The van der Waals surface area contributed by atoms with E-state index in [1.165, 1.54) is 24.9 Å². The van der Waals surface area contributed by atoms with Crippen LogP contribution in [-0.2, 0) is 4.74 Å². The van der Waals surface area contributed by atoms with Gasteiger partial charge in [-0.25, -0.2) is 0 Å². The van der Waals surface area contributed by atoms with Crippen molar-refractivity contribution >= 4 is 11.6 Å². The molecule has 1 aromatic carbocycles. The predicted molar refractivity (Wildman–Crippen MR) is 99.2 cm³/mol. The quantitative estimate of drug-likeness (QED) is 0.914. The lowest BCUT2D eigenvalue weighted by molar-refractivity contribution is -0.0390. The Balaban J connectivity index is 1.33. The molecule has 0 spiro atoms. The summed E-state index contributed by atoms with van der Waals surface area (Å²) in [5.41, 5.74) is 2.00. The van der Waals surface area contributed by atoms with Crippen LogP contribution in [0.2, 0.25) is 0 Å². The average molecular weight is 343 g/mol. The van der Waals surface area contributed by atoms with Crippen LogP contribution in [0.25, 0.3) is 0 Å². The molecule has 1 amide bonds. The number of ether oxygens (including phenoxy) is 1. The van der Waals surface area contributed by atoms with Gasteiger partial charge in [0.05, 0.1) is 12.7 Å². The zero-order chi connectivity index (χ0) is 17.2. The monoisotopic (exact) mass is 343 g/mol. The highest BCUT2D eigenvalue weighted by atomic mass is 16.5. The van der Waals surface area contributed by atoms with Crippen LogP contribution in [0.3, 0.4) is 0 Å². The van der Waals surface area contributed by atoms with Gasteiger partial charge in [-0.15, -0.1) is 0 Å². The molecule has 0 saturated carbocycles. The highest BCUT2D eigenvalue weighted by molar-refractivity contribution is 5.94. The minimum Gasteiger partial charge on any atom is -0.376 e. The van der Waals surface area contributed by atoms with Gasteiger partial charge < -0.3 is 15.0 Å². The zero-order valence-electron chi connectivity index (χ0n) is 15.1. The van der Waals surface area contributed by atoms with E-state index >= 15 is 0 Å². The molecule has 4 rings (SSSR count). The van der Waals surface area contributed by atoms with Crippen molar-refractivity contribution in [2.24, 2.45) is 0 Å².